The van der Waals surface area contributed by atoms with Crippen LogP contribution in [0.1, 0.15) is 30.1 Å². The van der Waals surface area contributed by atoms with E-state index in [1.54, 1.807) is 18.2 Å². The maximum absolute atomic E-state index is 10.8. The summed E-state index contributed by atoms with van der Waals surface area (Å²) in [7, 11) is 0. The summed E-state index contributed by atoms with van der Waals surface area (Å²) < 4.78 is 0.560. The average Bonchev–Trinajstić information content (AvgIpc) is 2.26. The van der Waals surface area contributed by atoms with E-state index < -0.39 is 5.97 Å². The number of carboxylic acid groups (broad SMARTS) is 1. The van der Waals surface area contributed by atoms with Crippen molar-refractivity contribution in [3.05, 3.63) is 28.2 Å². The van der Waals surface area contributed by atoms with Gasteiger partial charge in [-0.05, 0) is 53.9 Å². The number of aliphatic hydroxyl groups excluding tert-OH is 1. The number of hydrogen-bond acceptors (Lipinski definition) is 3. The molecule has 0 aromatic heterocycles. The zero-order chi connectivity index (χ0) is 12.8. The summed E-state index contributed by atoms with van der Waals surface area (Å²) in [5, 5.41) is 20.8. The number of hydrogen-bond donors (Lipinski definition) is 3. The summed E-state index contributed by atoms with van der Waals surface area (Å²) in [5.74, 6) is -0.947. The first-order valence-electron chi connectivity index (χ1n) is 5.45. The molecule has 1 atom stereocenters. The van der Waals surface area contributed by atoms with Crippen LogP contribution in [0, 0.1) is 0 Å². The van der Waals surface area contributed by atoms with Gasteiger partial charge in [0.15, 0.2) is 0 Å². The standard InChI is InChI=1S/C12H16BrNO3/c1-8(3-2-6-15)14-9-4-5-10(12(16)17)11(13)7-9/h4-5,7-8,14-15H,2-3,6H2,1H3,(H,16,17). The molecule has 0 saturated heterocycles. The van der Waals surface area contributed by atoms with Crippen LogP contribution in [0.4, 0.5) is 5.69 Å². The van der Waals surface area contributed by atoms with E-state index in [2.05, 4.69) is 21.2 Å². The van der Waals surface area contributed by atoms with E-state index in [0.29, 0.717) is 4.47 Å². The third kappa shape index (κ3) is 4.36. The van der Waals surface area contributed by atoms with Gasteiger partial charge in [-0.25, -0.2) is 4.79 Å². The van der Waals surface area contributed by atoms with E-state index >= 15 is 0 Å². The second kappa shape index (κ2) is 6.61. The fraction of sp³-hybridized carbons (Fsp3) is 0.417. The van der Waals surface area contributed by atoms with Gasteiger partial charge >= 0.3 is 5.97 Å². The Labute approximate surface area is 109 Å². The second-order valence-electron chi connectivity index (χ2n) is 3.91. The Morgan fingerprint density at radius 2 is 2.24 bits per heavy atom. The first-order valence-corrected chi connectivity index (χ1v) is 6.24. The van der Waals surface area contributed by atoms with E-state index in [-0.39, 0.29) is 18.2 Å². The molecular formula is C12H16BrNO3. The Balaban J connectivity index is 2.67. The Morgan fingerprint density at radius 1 is 1.53 bits per heavy atom. The quantitative estimate of drug-likeness (QED) is 0.755. The number of nitrogens with one attached hydrogen (secondary N) is 1. The summed E-state index contributed by atoms with van der Waals surface area (Å²) in [6.45, 7) is 2.21. The molecule has 1 rings (SSSR count). The highest BCUT2D eigenvalue weighted by molar-refractivity contribution is 9.10. The van der Waals surface area contributed by atoms with Crippen LogP contribution < -0.4 is 5.32 Å². The monoisotopic (exact) mass is 301 g/mol. The molecule has 5 heteroatoms. The van der Waals surface area contributed by atoms with Crippen LogP contribution in [-0.2, 0) is 0 Å². The zero-order valence-electron chi connectivity index (χ0n) is 9.61. The van der Waals surface area contributed by atoms with Crippen molar-refractivity contribution in [2.24, 2.45) is 0 Å². The van der Waals surface area contributed by atoms with E-state index in [4.69, 9.17) is 10.2 Å². The van der Waals surface area contributed by atoms with Crippen LogP contribution in [0.5, 0.6) is 0 Å². The van der Waals surface area contributed by atoms with Crippen molar-refractivity contribution in [2.45, 2.75) is 25.8 Å². The van der Waals surface area contributed by atoms with Crippen LogP contribution in [-0.4, -0.2) is 28.8 Å². The fourth-order valence-electron chi connectivity index (χ4n) is 1.53. The van der Waals surface area contributed by atoms with Gasteiger partial charge in [-0.15, -0.1) is 0 Å². The van der Waals surface area contributed by atoms with Gasteiger partial charge < -0.3 is 15.5 Å². The molecule has 0 fully saturated rings. The average molecular weight is 302 g/mol. The van der Waals surface area contributed by atoms with Crippen molar-refractivity contribution in [1.29, 1.82) is 0 Å². The lowest BCUT2D eigenvalue weighted by atomic mass is 10.1. The van der Waals surface area contributed by atoms with E-state index in [0.717, 1.165) is 18.5 Å². The first-order chi connectivity index (χ1) is 8.04. The van der Waals surface area contributed by atoms with Gasteiger partial charge in [-0.2, -0.15) is 0 Å². The van der Waals surface area contributed by atoms with Crippen LogP contribution in [0.2, 0.25) is 0 Å². The summed E-state index contributed by atoms with van der Waals surface area (Å²) in [4.78, 5) is 10.8. The molecule has 1 aromatic rings. The number of rotatable bonds is 6. The van der Waals surface area contributed by atoms with Crippen LogP contribution in [0.15, 0.2) is 22.7 Å². The lowest BCUT2D eigenvalue weighted by molar-refractivity contribution is 0.0696. The number of carbonyl (C=O) groups is 1. The van der Waals surface area contributed by atoms with Gasteiger partial charge in [0.2, 0.25) is 0 Å². The predicted molar refractivity (Wildman–Crippen MR) is 70.5 cm³/mol. The largest absolute Gasteiger partial charge is 0.478 e. The number of aliphatic hydroxyl groups is 1. The first kappa shape index (κ1) is 14.0. The number of aromatic carboxylic acids is 1. The van der Waals surface area contributed by atoms with Crippen LogP contribution >= 0.6 is 15.9 Å². The molecule has 0 aliphatic heterocycles. The topological polar surface area (TPSA) is 69.6 Å². The summed E-state index contributed by atoms with van der Waals surface area (Å²) >= 11 is 3.23. The Morgan fingerprint density at radius 3 is 2.76 bits per heavy atom. The molecule has 4 nitrogen and oxygen atoms in total. The van der Waals surface area contributed by atoms with Crippen molar-refractivity contribution in [1.82, 2.24) is 0 Å². The molecule has 17 heavy (non-hydrogen) atoms. The van der Waals surface area contributed by atoms with Crippen molar-refractivity contribution in [2.75, 3.05) is 11.9 Å². The molecule has 0 spiro atoms. The molecule has 0 aliphatic rings. The van der Waals surface area contributed by atoms with Crippen molar-refractivity contribution >= 4 is 27.6 Å². The number of anilines is 1. The van der Waals surface area contributed by atoms with E-state index in [9.17, 15) is 4.79 Å². The molecule has 0 bridgehead atoms. The second-order valence-corrected chi connectivity index (χ2v) is 4.77. The maximum Gasteiger partial charge on any atom is 0.336 e. The van der Waals surface area contributed by atoms with Gasteiger partial charge in [0, 0.05) is 22.8 Å². The lowest BCUT2D eigenvalue weighted by Gasteiger charge is -2.15. The number of halogens is 1. The van der Waals surface area contributed by atoms with Gasteiger partial charge in [0.05, 0.1) is 5.56 Å². The summed E-state index contributed by atoms with van der Waals surface area (Å²) in [6, 6.07) is 5.29. The molecule has 1 aromatic carbocycles. The highest BCUT2D eigenvalue weighted by atomic mass is 79.9. The molecular weight excluding hydrogens is 286 g/mol. The fourth-order valence-corrected chi connectivity index (χ4v) is 2.08. The minimum absolute atomic E-state index is 0.188. The normalized spacial score (nSPS) is 12.2. The molecule has 0 heterocycles. The Kier molecular flexibility index (Phi) is 5.44. The summed E-state index contributed by atoms with van der Waals surface area (Å²) in [5.41, 5.74) is 1.12. The SMILES string of the molecule is CC(CCCO)Nc1ccc(C(=O)O)c(Br)c1. The van der Waals surface area contributed by atoms with Crippen LogP contribution in [0.25, 0.3) is 0 Å². The number of carboxylic acids is 1. The summed E-state index contributed by atoms with van der Waals surface area (Å²) in [6.07, 6.45) is 1.62. The molecule has 0 aliphatic carbocycles. The zero-order valence-corrected chi connectivity index (χ0v) is 11.2. The molecule has 1 unspecified atom stereocenters. The third-order valence-electron chi connectivity index (χ3n) is 2.41. The maximum atomic E-state index is 10.8. The van der Waals surface area contributed by atoms with E-state index in [1.165, 1.54) is 0 Å². The Hall–Kier alpha value is -1.07. The highest BCUT2D eigenvalue weighted by Crippen LogP contribution is 2.22. The lowest BCUT2D eigenvalue weighted by Crippen LogP contribution is -2.15. The van der Waals surface area contributed by atoms with Crippen molar-refractivity contribution in [3.63, 3.8) is 0 Å². The minimum Gasteiger partial charge on any atom is -0.478 e. The minimum atomic E-state index is -0.947. The van der Waals surface area contributed by atoms with Gasteiger partial charge in [0.1, 0.15) is 0 Å². The molecule has 94 valence electrons. The number of benzene rings is 1. The molecule has 0 radical (unpaired) electrons. The van der Waals surface area contributed by atoms with E-state index in [1.807, 2.05) is 6.92 Å². The molecule has 0 saturated carbocycles. The van der Waals surface area contributed by atoms with Crippen molar-refractivity contribution in [3.8, 4) is 0 Å². The van der Waals surface area contributed by atoms with Gasteiger partial charge in [-0.1, -0.05) is 0 Å². The highest BCUT2D eigenvalue weighted by Gasteiger charge is 2.09. The third-order valence-corrected chi connectivity index (χ3v) is 3.06. The van der Waals surface area contributed by atoms with Gasteiger partial charge in [0.25, 0.3) is 0 Å². The van der Waals surface area contributed by atoms with Gasteiger partial charge in [-0.3, -0.25) is 0 Å². The molecule has 0 amide bonds. The smallest absolute Gasteiger partial charge is 0.336 e. The van der Waals surface area contributed by atoms with Crippen molar-refractivity contribution < 1.29 is 15.0 Å². The predicted octanol–water partition coefficient (Wildman–Crippen LogP) is 2.72. The van der Waals surface area contributed by atoms with Crippen LogP contribution in [0.3, 0.4) is 0 Å². The molecule has 3 N–H and O–H groups in total. The Bertz CT molecular complexity index is 395.